The lowest BCUT2D eigenvalue weighted by atomic mass is 9.78. The summed E-state index contributed by atoms with van der Waals surface area (Å²) in [6.45, 7) is 2.29. The predicted molar refractivity (Wildman–Crippen MR) is 49.8 cm³/mol. The Morgan fingerprint density at radius 1 is 1.25 bits per heavy atom. The number of hydrogen-bond acceptors (Lipinski definition) is 1. The number of ether oxygens (including phenoxy) is 1. The highest BCUT2D eigenvalue weighted by molar-refractivity contribution is 4.97. The molecule has 12 heavy (non-hydrogen) atoms. The molecule has 2 rings (SSSR count). The lowest BCUT2D eigenvalue weighted by Gasteiger charge is -2.40. The molecule has 0 aromatic carbocycles. The van der Waals surface area contributed by atoms with Gasteiger partial charge in [0.1, 0.15) is 5.60 Å². The quantitative estimate of drug-likeness (QED) is 0.536. The molecule has 1 aliphatic heterocycles. The third-order valence-electron chi connectivity index (χ3n) is 3.18. The van der Waals surface area contributed by atoms with Gasteiger partial charge in [-0.1, -0.05) is 13.3 Å². The second-order valence-corrected chi connectivity index (χ2v) is 4.37. The Labute approximate surface area is 74.8 Å². The first kappa shape index (κ1) is 8.15. The Bertz CT molecular complexity index is 177. The van der Waals surface area contributed by atoms with Crippen LogP contribution >= 0.6 is 0 Å². The van der Waals surface area contributed by atoms with Crippen molar-refractivity contribution in [1.82, 2.24) is 0 Å². The molecular weight excluding hydrogens is 148 g/mol. The Balaban J connectivity index is 2.04. The van der Waals surface area contributed by atoms with Crippen LogP contribution in [0.3, 0.4) is 0 Å². The smallest absolute Gasteiger partial charge is 0.109 e. The molecule has 68 valence electrons. The molecule has 1 nitrogen and oxygen atoms in total. The Kier molecular flexibility index (Phi) is 2.12. The van der Waals surface area contributed by atoms with E-state index < -0.39 is 0 Å². The highest BCUT2D eigenvalue weighted by atomic mass is 16.5. The molecular formula is C11H18O. The van der Waals surface area contributed by atoms with Crippen LogP contribution in [0.2, 0.25) is 0 Å². The van der Waals surface area contributed by atoms with E-state index in [-0.39, 0.29) is 5.60 Å². The maximum atomic E-state index is 5.80. The Morgan fingerprint density at radius 3 is 2.67 bits per heavy atom. The largest absolute Gasteiger partial charge is 0.495 e. The molecule has 1 saturated carbocycles. The van der Waals surface area contributed by atoms with Crippen molar-refractivity contribution in [1.29, 1.82) is 0 Å². The van der Waals surface area contributed by atoms with Gasteiger partial charge in [0.05, 0.1) is 6.26 Å². The lowest BCUT2D eigenvalue weighted by Crippen LogP contribution is -2.36. The summed E-state index contributed by atoms with van der Waals surface area (Å²) >= 11 is 0. The van der Waals surface area contributed by atoms with Crippen molar-refractivity contribution in [3.63, 3.8) is 0 Å². The van der Waals surface area contributed by atoms with E-state index in [4.69, 9.17) is 4.74 Å². The van der Waals surface area contributed by atoms with Crippen LogP contribution in [-0.2, 0) is 4.74 Å². The summed E-state index contributed by atoms with van der Waals surface area (Å²) in [5.74, 6) is 0.719. The van der Waals surface area contributed by atoms with Gasteiger partial charge in [-0.2, -0.15) is 0 Å². The molecule has 0 bridgehead atoms. The van der Waals surface area contributed by atoms with Crippen molar-refractivity contribution in [2.24, 2.45) is 5.92 Å². The summed E-state index contributed by atoms with van der Waals surface area (Å²) in [7, 11) is 0. The summed E-state index contributed by atoms with van der Waals surface area (Å²) in [4.78, 5) is 0. The van der Waals surface area contributed by atoms with Crippen LogP contribution < -0.4 is 0 Å². The van der Waals surface area contributed by atoms with E-state index in [2.05, 4.69) is 13.0 Å². The minimum atomic E-state index is 0.242. The summed E-state index contributed by atoms with van der Waals surface area (Å²) < 4.78 is 5.80. The zero-order valence-electron chi connectivity index (χ0n) is 7.88. The number of rotatable bonds is 0. The SMILES string of the molecule is CC1C=COC2(CCCCC2)C1. The maximum absolute atomic E-state index is 5.80. The minimum absolute atomic E-state index is 0.242. The topological polar surface area (TPSA) is 9.23 Å². The molecule has 0 amide bonds. The van der Waals surface area contributed by atoms with Crippen molar-refractivity contribution in [2.75, 3.05) is 0 Å². The maximum Gasteiger partial charge on any atom is 0.109 e. The summed E-state index contributed by atoms with van der Waals surface area (Å²) in [6, 6.07) is 0. The van der Waals surface area contributed by atoms with Crippen molar-refractivity contribution in [3.05, 3.63) is 12.3 Å². The van der Waals surface area contributed by atoms with Gasteiger partial charge in [0.25, 0.3) is 0 Å². The fraction of sp³-hybridized carbons (Fsp3) is 0.818. The van der Waals surface area contributed by atoms with Crippen molar-refractivity contribution < 1.29 is 4.74 Å². The molecule has 0 aromatic heterocycles. The highest BCUT2D eigenvalue weighted by Crippen LogP contribution is 2.39. The van der Waals surface area contributed by atoms with Crippen LogP contribution in [0.4, 0.5) is 0 Å². The van der Waals surface area contributed by atoms with Crippen LogP contribution in [0.15, 0.2) is 12.3 Å². The van der Waals surface area contributed by atoms with Crippen molar-refractivity contribution >= 4 is 0 Å². The molecule has 0 N–H and O–H groups in total. The third-order valence-corrected chi connectivity index (χ3v) is 3.18. The monoisotopic (exact) mass is 166 g/mol. The van der Waals surface area contributed by atoms with Gasteiger partial charge in [0.15, 0.2) is 0 Å². The fourth-order valence-electron chi connectivity index (χ4n) is 2.54. The van der Waals surface area contributed by atoms with Crippen molar-refractivity contribution in [3.8, 4) is 0 Å². The van der Waals surface area contributed by atoms with Crippen LogP contribution in [-0.4, -0.2) is 5.60 Å². The normalized spacial score (nSPS) is 33.2. The van der Waals surface area contributed by atoms with Gasteiger partial charge in [-0.15, -0.1) is 0 Å². The van der Waals surface area contributed by atoms with E-state index in [9.17, 15) is 0 Å². The molecule has 1 fully saturated rings. The molecule has 1 spiro atoms. The van der Waals surface area contributed by atoms with E-state index in [0.29, 0.717) is 0 Å². The highest BCUT2D eigenvalue weighted by Gasteiger charge is 2.35. The molecule has 1 atom stereocenters. The van der Waals surface area contributed by atoms with E-state index >= 15 is 0 Å². The molecule has 1 aliphatic carbocycles. The zero-order chi connectivity index (χ0) is 8.44. The van der Waals surface area contributed by atoms with Crippen molar-refractivity contribution in [2.45, 2.75) is 51.0 Å². The first-order chi connectivity index (χ1) is 5.81. The second kappa shape index (κ2) is 3.12. The van der Waals surface area contributed by atoms with Crippen LogP contribution in [0.5, 0.6) is 0 Å². The molecule has 0 aromatic rings. The van der Waals surface area contributed by atoms with Gasteiger partial charge in [-0.25, -0.2) is 0 Å². The Hall–Kier alpha value is -0.460. The minimum Gasteiger partial charge on any atom is -0.495 e. The van der Waals surface area contributed by atoms with Gasteiger partial charge in [0.2, 0.25) is 0 Å². The summed E-state index contributed by atoms with van der Waals surface area (Å²) in [6.07, 6.45) is 12.0. The zero-order valence-corrected chi connectivity index (χ0v) is 7.88. The second-order valence-electron chi connectivity index (χ2n) is 4.37. The van der Waals surface area contributed by atoms with Gasteiger partial charge >= 0.3 is 0 Å². The van der Waals surface area contributed by atoms with Gasteiger partial charge < -0.3 is 4.74 Å². The standard InChI is InChI=1S/C11H18O/c1-10-5-8-12-11(9-10)6-3-2-4-7-11/h5,8,10H,2-4,6-7,9H2,1H3. The van der Waals surface area contributed by atoms with Gasteiger partial charge in [-0.3, -0.25) is 0 Å². The average molecular weight is 166 g/mol. The Morgan fingerprint density at radius 2 is 2.00 bits per heavy atom. The number of allylic oxidation sites excluding steroid dienone is 1. The molecule has 1 heterocycles. The van der Waals surface area contributed by atoms with Crippen LogP contribution in [0.25, 0.3) is 0 Å². The van der Waals surface area contributed by atoms with E-state index in [1.165, 1.54) is 38.5 Å². The lowest BCUT2D eigenvalue weighted by molar-refractivity contribution is -0.0366. The summed E-state index contributed by atoms with van der Waals surface area (Å²) in [5.41, 5.74) is 0.242. The molecule has 0 radical (unpaired) electrons. The molecule has 0 saturated heterocycles. The van der Waals surface area contributed by atoms with E-state index in [1.807, 2.05) is 6.26 Å². The summed E-state index contributed by atoms with van der Waals surface area (Å²) in [5, 5.41) is 0. The van der Waals surface area contributed by atoms with E-state index in [1.54, 1.807) is 0 Å². The van der Waals surface area contributed by atoms with Gasteiger partial charge in [-0.05, 0) is 44.1 Å². The third kappa shape index (κ3) is 1.50. The van der Waals surface area contributed by atoms with E-state index in [0.717, 1.165) is 5.92 Å². The first-order valence-electron chi connectivity index (χ1n) is 5.15. The first-order valence-corrected chi connectivity index (χ1v) is 5.15. The van der Waals surface area contributed by atoms with Gasteiger partial charge in [0, 0.05) is 0 Å². The molecule has 1 heteroatoms. The molecule has 2 aliphatic rings. The predicted octanol–water partition coefficient (Wildman–Crippen LogP) is 3.26. The fourth-order valence-corrected chi connectivity index (χ4v) is 2.54. The number of hydrogen-bond donors (Lipinski definition) is 0. The van der Waals surface area contributed by atoms with Crippen LogP contribution in [0.1, 0.15) is 45.4 Å². The average Bonchev–Trinajstić information content (AvgIpc) is 2.05. The molecule has 1 unspecified atom stereocenters. The van der Waals surface area contributed by atoms with Crippen LogP contribution in [0, 0.1) is 5.92 Å².